The molecule has 2 aromatic rings. The zero-order valence-corrected chi connectivity index (χ0v) is 11.8. The molecule has 0 heterocycles. The van der Waals surface area contributed by atoms with Crippen molar-refractivity contribution < 1.29 is 4.79 Å². The van der Waals surface area contributed by atoms with Crippen molar-refractivity contribution >= 4 is 34.8 Å². The molecule has 0 bridgehead atoms. The van der Waals surface area contributed by atoms with Crippen LogP contribution in [-0.2, 0) is 11.2 Å². The average molecular weight is 292 g/mol. The van der Waals surface area contributed by atoms with E-state index in [1.165, 1.54) is 12.5 Å². The summed E-state index contributed by atoms with van der Waals surface area (Å²) in [7, 11) is 0. The monoisotopic (exact) mass is 291 g/mol. The smallest absolute Gasteiger partial charge is 0.221 e. The second kappa shape index (κ2) is 4.55. The Balaban J connectivity index is 2.13. The van der Waals surface area contributed by atoms with Gasteiger partial charge in [0, 0.05) is 11.9 Å². The van der Waals surface area contributed by atoms with Crippen LogP contribution in [0, 0.1) is 0 Å². The Kier molecular flexibility index (Phi) is 3.00. The zero-order chi connectivity index (χ0) is 13.6. The summed E-state index contributed by atoms with van der Waals surface area (Å²) in [5, 5.41) is 4.05. The molecule has 0 saturated heterocycles. The number of benzene rings is 2. The van der Waals surface area contributed by atoms with Gasteiger partial charge in [-0.3, -0.25) is 4.79 Å². The van der Waals surface area contributed by atoms with Gasteiger partial charge in [0.2, 0.25) is 5.91 Å². The van der Waals surface area contributed by atoms with Crippen LogP contribution in [0.1, 0.15) is 18.1 Å². The minimum absolute atomic E-state index is 0.129. The van der Waals surface area contributed by atoms with E-state index in [-0.39, 0.29) is 5.91 Å². The molecule has 0 unspecified atom stereocenters. The van der Waals surface area contributed by atoms with Crippen molar-refractivity contribution in [3.8, 4) is 11.1 Å². The maximum atomic E-state index is 11.2. The largest absolute Gasteiger partial charge is 0.325 e. The predicted octanol–water partition coefficient (Wildman–Crippen LogP) is 4.52. The summed E-state index contributed by atoms with van der Waals surface area (Å²) in [4.78, 5) is 11.2. The van der Waals surface area contributed by atoms with Gasteiger partial charge in [0.25, 0.3) is 0 Å². The summed E-state index contributed by atoms with van der Waals surface area (Å²) >= 11 is 12.2. The van der Waals surface area contributed by atoms with Gasteiger partial charge in [-0.2, -0.15) is 0 Å². The highest BCUT2D eigenvalue weighted by Crippen LogP contribution is 2.41. The second-order valence-electron chi connectivity index (χ2n) is 4.65. The highest BCUT2D eigenvalue weighted by Gasteiger charge is 2.20. The third-order valence-electron chi connectivity index (χ3n) is 3.24. The van der Waals surface area contributed by atoms with E-state index in [9.17, 15) is 4.79 Å². The minimum atomic E-state index is -0.129. The number of hydrogen-bond donors (Lipinski definition) is 1. The molecule has 1 aliphatic rings. The molecule has 1 aliphatic carbocycles. The van der Waals surface area contributed by atoms with E-state index in [4.69, 9.17) is 23.2 Å². The molecule has 3 rings (SSSR count). The molecule has 0 atom stereocenters. The van der Waals surface area contributed by atoms with Crippen molar-refractivity contribution in [2.24, 2.45) is 0 Å². The fourth-order valence-electron chi connectivity index (χ4n) is 2.47. The van der Waals surface area contributed by atoms with Crippen molar-refractivity contribution in [3.05, 3.63) is 51.5 Å². The Labute approximate surface area is 121 Å². The summed E-state index contributed by atoms with van der Waals surface area (Å²) < 4.78 is 0. The van der Waals surface area contributed by atoms with Crippen molar-refractivity contribution in [1.82, 2.24) is 0 Å². The van der Waals surface area contributed by atoms with Gasteiger partial charge in [-0.05, 0) is 52.9 Å². The van der Waals surface area contributed by atoms with E-state index in [0.29, 0.717) is 10.7 Å². The first kappa shape index (κ1) is 12.5. The molecule has 2 nitrogen and oxygen atoms in total. The topological polar surface area (TPSA) is 29.1 Å². The van der Waals surface area contributed by atoms with E-state index in [2.05, 4.69) is 5.32 Å². The number of amides is 1. The fourth-order valence-corrected chi connectivity index (χ4v) is 2.90. The van der Waals surface area contributed by atoms with E-state index in [1.807, 2.05) is 30.3 Å². The molecule has 96 valence electrons. The van der Waals surface area contributed by atoms with Crippen LogP contribution >= 0.6 is 23.2 Å². The molecule has 0 fully saturated rings. The number of carbonyl (C=O) groups excluding carboxylic acids is 1. The van der Waals surface area contributed by atoms with Crippen LogP contribution in [0.3, 0.4) is 0 Å². The van der Waals surface area contributed by atoms with Crippen LogP contribution in [0.2, 0.25) is 10.0 Å². The lowest BCUT2D eigenvalue weighted by Crippen LogP contribution is -2.06. The molecule has 1 amide bonds. The number of fused-ring (bicyclic) bond motifs is 3. The fraction of sp³-hybridized carbons (Fsp3) is 0.133. The Morgan fingerprint density at radius 1 is 1.11 bits per heavy atom. The Bertz CT molecular complexity index is 695. The number of carbonyl (C=O) groups is 1. The van der Waals surface area contributed by atoms with Crippen LogP contribution in [-0.4, -0.2) is 5.91 Å². The highest BCUT2D eigenvalue weighted by atomic mass is 35.5. The van der Waals surface area contributed by atoms with Crippen molar-refractivity contribution in [2.75, 3.05) is 5.32 Å². The molecule has 1 N–H and O–H groups in total. The Morgan fingerprint density at radius 2 is 1.84 bits per heavy atom. The number of rotatable bonds is 1. The van der Waals surface area contributed by atoms with Gasteiger partial charge >= 0.3 is 0 Å². The summed E-state index contributed by atoms with van der Waals surface area (Å²) in [6, 6.07) is 9.70. The average Bonchev–Trinajstić information content (AvgIpc) is 2.65. The quantitative estimate of drug-likeness (QED) is 0.701. The second-order valence-corrected chi connectivity index (χ2v) is 5.49. The van der Waals surface area contributed by atoms with E-state index >= 15 is 0 Å². The minimum Gasteiger partial charge on any atom is -0.325 e. The molecule has 0 aromatic heterocycles. The van der Waals surface area contributed by atoms with Gasteiger partial charge in [-0.1, -0.05) is 29.3 Å². The van der Waals surface area contributed by atoms with Gasteiger partial charge in [-0.15, -0.1) is 0 Å². The maximum absolute atomic E-state index is 11.2. The lowest BCUT2D eigenvalue weighted by atomic mass is 10.1. The number of halogens is 2. The summed E-state index contributed by atoms with van der Waals surface area (Å²) in [6.07, 6.45) is 0.825. The first-order valence-electron chi connectivity index (χ1n) is 5.93. The molecule has 2 aromatic carbocycles. The normalized spacial score (nSPS) is 11.9. The Morgan fingerprint density at radius 3 is 2.58 bits per heavy atom. The van der Waals surface area contributed by atoms with E-state index < -0.39 is 0 Å². The first-order chi connectivity index (χ1) is 9.04. The standard InChI is InChI=1S/C15H11Cl2NO/c1-8(19)18-15-7-13-10(6-14(15)17)4-9-5-11(16)2-3-12(9)13/h2-3,5-7H,4H2,1H3,(H,18,19). The zero-order valence-electron chi connectivity index (χ0n) is 10.3. The number of nitrogens with one attached hydrogen (secondary N) is 1. The van der Waals surface area contributed by atoms with Crippen LogP contribution in [0.25, 0.3) is 11.1 Å². The molecule has 0 saturated carbocycles. The Hall–Kier alpha value is -1.51. The molecule has 4 heteroatoms. The van der Waals surface area contributed by atoms with Crippen molar-refractivity contribution in [1.29, 1.82) is 0 Å². The van der Waals surface area contributed by atoms with E-state index in [1.54, 1.807) is 0 Å². The van der Waals surface area contributed by atoms with Gasteiger partial charge < -0.3 is 5.32 Å². The highest BCUT2D eigenvalue weighted by molar-refractivity contribution is 6.34. The first-order valence-corrected chi connectivity index (χ1v) is 6.69. The lowest BCUT2D eigenvalue weighted by molar-refractivity contribution is -0.114. The SMILES string of the molecule is CC(=O)Nc1cc2c(cc1Cl)Cc1cc(Cl)ccc1-2. The molecule has 0 aliphatic heterocycles. The molecule has 19 heavy (non-hydrogen) atoms. The third kappa shape index (κ3) is 2.22. The van der Waals surface area contributed by atoms with Gasteiger partial charge in [0.1, 0.15) is 0 Å². The number of hydrogen-bond acceptors (Lipinski definition) is 1. The predicted molar refractivity (Wildman–Crippen MR) is 79.0 cm³/mol. The molecule has 0 radical (unpaired) electrons. The summed E-state index contributed by atoms with van der Waals surface area (Å²) in [6.45, 7) is 1.47. The van der Waals surface area contributed by atoms with Gasteiger partial charge in [-0.25, -0.2) is 0 Å². The summed E-state index contributed by atoms with van der Waals surface area (Å²) in [5.41, 5.74) is 5.27. The third-order valence-corrected chi connectivity index (χ3v) is 3.79. The molecular weight excluding hydrogens is 281 g/mol. The van der Waals surface area contributed by atoms with Gasteiger partial charge in [0.15, 0.2) is 0 Å². The van der Waals surface area contributed by atoms with Crippen LogP contribution in [0.4, 0.5) is 5.69 Å². The van der Waals surface area contributed by atoms with Crippen LogP contribution in [0.15, 0.2) is 30.3 Å². The summed E-state index contributed by atoms with van der Waals surface area (Å²) in [5.74, 6) is -0.129. The molecule has 0 spiro atoms. The van der Waals surface area contributed by atoms with Crippen molar-refractivity contribution in [2.45, 2.75) is 13.3 Å². The van der Waals surface area contributed by atoms with Gasteiger partial charge in [0.05, 0.1) is 10.7 Å². The number of anilines is 1. The lowest BCUT2D eigenvalue weighted by Gasteiger charge is -2.08. The van der Waals surface area contributed by atoms with Crippen molar-refractivity contribution in [3.63, 3.8) is 0 Å². The maximum Gasteiger partial charge on any atom is 0.221 e. The van der Waals surface area contributed by atoms with E-state index in [0.717, 1.165) is 28.1 Å². The van der Waals surface area contributed by atoms with Crippen LogP contribution < -0.4 is 5.32 Å². The van der Waals surface area contributed by atoms with Crippen LogP contribution in [0.5, 0.6) is 0 Å². The molecular formula is C15H11Cl2NO.